The zero-order valence-corrected chi connectivity index (χ0v) is 21.0. The first-order valence-corrected chi connectivity index (χ1v) is 12.8. The molecule has 7 nitrogen and oxygen atoms in total. The van der Waals surface area contributed by atoms with Gasteiger partial charge < -0.3 is 14.8 Å². The van der Waals surface area contributed by atoms with Gasteiger partial charge in [-0.15, -0.1) is 0 Å². The number of carbonyl (C=O) groups is 1. The fourth-order valence-corrected chi connectivity index (χ4v) is 4.74. The number of methoxy groups -OCH3 is 1. The molecule has 1 N–H and O–H groups in total. The van der Waals surface area contributed by atoms with E-state index in [-0.39, 0.29) is 28.2 Å². The first-order valence-electron chi connectivity index (χ1n) is 10.2. The van der Waals surface area contributed by atoms with Crippen molar-refractivity contribution in [1.82, 2.24) is 5.32 Å². The van der Waals surface area contributed by atoms with Crippen molar-refractivity contribution in [2.75, 3.05) is 30.8 Å². The van der Waals surface area contributed by atoms with Crippen molar-refractivity contribution >= 4 is 44.8 Å². The van der Waals surface area contributed by atoms with Gasteiger partial charge in [0.2, 0.25) is 10.0 Å². The van der Waals surface area contributed by atoms with Crippen molar-refractivity contribution in [2.24, 2.45) is 0 Å². The molecule has 0 aliphatic carbocycles. The van der Waals surface area contributed by atoms with Gasteiger partial charge in [-0.05, 0) is 54.1 Å². The minimum absolute atomic E-state index is 0.0138. The first-order chi connectivity index (χ1) is 16.2. The average molecular weight is 523 g/mol. The Labute approximate surface area is 209 Å². The molecule has 10 heteroatoms. The lowest BCUT2D eigenvalue weighted by Crippen LogP contribution is -2.30. The van der Waals surface area contributed by atoms with Crippen LogP contribution in [0.2, 0.25) is 10.0 Å². The topological polar surface area (TPSA) is 84.9 Å². The molecular formula is C24H24Cl2N2O5S. The molecule has 3 aromatic carbocycles. The van der Waals surface area contributed by atoms with Crippen LogP contribution in [0.4, 0.5) is 5.69 Å². The van der Waals surface area contributed by atoms with E-state index >= 15 is 0 Å². The summed E-state index contributed by atoms with van der Waals surface area (Å²) in [5.41, 5.74) is 1.32. The number of ether oxygens (including phenoxy) is 2. The molecule has 0 spiro atoms. The van der Waals surface area contributed by atoms with Gasteiger partial charge in [0.05, 0.1) is 42.2 Å². The van der Waals surface area contributed by atoms with Crippen LogP contribution in [0.15, 0.2) is 66.7 Å². The molecular weight excluding hydrogens is 499 g/mol. The van der Waals surface area contributed by atoms with E-state index in [4.69, 9.17) is 32.7 Å². The molecule has 0 aliphatic heterocycles. The molecule has 0 saturated carbocycles. The van der Waals surface area contributed by atoms with Crippen molar-refractivity contribution < 1.29 is 22.7 Å². The highest BCUT2D eigenvalue weighted by molar-refractivity contribution is 7.92. The number of halogens is 2. The molecule has 0 bridgehead atoms. The molecule has 0 aromatic heterocycles. The molecule has 0 aliphatic rings. The van der Waals surface area contributed by atoms with Gasteiger partial charge in [-0.3, -0.25) is 9.10 Å². The fraction of sp³-hybridized carbons (Fsp3) is 0.208. The number of benzene rings is 3. The maximum atomic E-state index is 12.4. The van der Waals surface area contributed by atoms with E-state index in [0.717, 1.165) is 16.3 Å². The van der Waals surface area contributed by atoms with Crippen LogP contribution < -0.4 is 19.1 Å². The van der Waals surface area contributed by atoms with Crippen molar-refractivity contribution in [1.29, 1.82) is 0 Å². The highest BCUT2D eigenvalue weighted by Gasteiger charge is 2.23. The Kier molecular flexibility index (Phi) is 8.66. The number of nitrogens with zero attached hydrogens (tertiary/aromatic N) is 1. The Hall–Kier alpha value is -2.94. The van der Waals surface area contributed by atoms with Crippen LogP contribution in [0.3, 0.4) is 0 Å². The number of para-hydroxylation sites is 1. The standard InChI is InChI=1S/C24H24Cl2N2O5S/c1-32-19-10-12-20(13-11-19)33-15-14-27-24(29)18-8-6-17(7-9-18)16-28(34(2,30)31)23-21(25)4-3-5-22(23)26/h3-13H,14-16H2,1-2H3,(H,27,29). The smallest absolute Gasteiger partial charge is 0.251 e. The molecule has 3 rings (SSSR count). The summed E-state index contributed by atoms with van der Waals surface area (Å²) in [6.45, 7) is 0.636. The highest BCUT2D eigenvalue weighted by atomic mass is 35.5. The zero-order chi connectivity index (χ0) is 24.7. The van der Waals surface area contributed by atoms with Gasteiger partial charge in [0, 0.05) is 5.56 Å². The average Bonchev–Trinajstić information content (AvgIpc) is 2.81. The van der Waals surface area contributed by atoms with Crippen LogP contribution in [0, 0.1) is 0 Å². The summed E-state index contributed by atoms with van der Waals surface area (Å²) >= 11 is 12.4. The second-order valence-electron chi connectivity index (χ2n) is 7.32. The monoisotopic (exact) mass is 522 g/mol. The molecule has 0 fully saturated rings. The summed E-state index contributed by atoms with van der Waals surface area (Å²) in [7, 11) is -2.07. The van der Waals surface area contributed by atoms with E-state index in [1.54, 1.807) is 73.8 Å². The Morgan fingerprint density at radius 3 is 2.09 bits per heavy atom. The van der Waals surface area contributed by atoms with Crippen LogP contribution in [0.5, 0.6) is 11.5 Å². The quantitative estimate of drug-likeness (QED) is 0.387. The summed E-state index contributed by atoms with van der Waals surface area (Å²) in [4.78, 5) is 12.4. The Balaban J connectivity index is 1.59. The summed E-state index contributed by atoms with van der Waals surface area (Å²) in [5, 5.41) is 3.24. The summed E-state index contributed by atoms with van der Waals surface area (Å²) in [6.07, 6.45) is 1.09. The van der Waals surface area contributed by atoms with Crippen molar-refractivity contribution in [3.05, 3.63) is 87.9 Å². The third kappa shape index (κ3) is 6.79. The third-order valence-corrected chi connectivity index (χ3v) is 6.57. The molecule has 34 heavy (non-hydrogen) atoms. The van der Waals surface area contributed by atoms with Gasteiger partial charge in [-0.2, -0.15) is 0 Å². The van der Waals surface area contributed by atoms with E-state index in [9.17, 15) is 13.2 Å². The maximum absolute atomic E-state index is 12.4. The van der Waals surface area contributed by atoms with E-state index in [1.165, 1.54) is 0 Å². The predicted molar refractivity (Wildman–Crippen MR) is 135 cm³/mol. The second kappa shape index (κ2) is 11.5. The number of anilines is 1. The van der Waals surface area contributed by atoms with Crippen molar-refractivity contribution in [3.8, 4) is 11.5 Å². The van der Waals surface area contributed by atoms with Crippen LogP contribution >= 0.6 is 23.2 Å². The first kappa shape index (κ1) is 25.7. The third-order valence-electron chi connectivity index (χ3n) is 4.85. The molecule has 0 unspecified atom stereocenters. The number of sulfonamides is 1. The molecule has 0 saturated heterocycles. The number of hydrogen-bond acceptors (Lipinski definition) is 5. The SMILES string of the molecule is COc1ccc(OCCNC(=O)c2ccc(CN(c3c(Cl)cccc3Cl)S(C)(=O)=O)cc2)cc1. The van der Waals surface area contributed by atoms with Gasteiger partial charge in [0.1, 0.15) is 18.1 Å². The number of hydrogen-bond donors (Lipinski definition) is 1. The van der Waals surface area contributed by atoms with E-state index in [0.29, 0.717) is 30.0 Å². The second-order valence-corrected chi connectivity index (χ2v) is 10.0. The maximum Gasteiger partial charge on any atom is 0.251 e. The van der Waals surface area contributed by atoms with Crippen molar-refractivity contribution in [3.63, 3.8) is 0 Å². The highest BCUT2D eigenvalue weighted by Crippen LogP contribution is 2.35. The number of carbonyl (C=O) groups excluding carboxylic acids is 1. The van der Waals surface area contributed by atoms with Crippen LogP contribution in [-0.4, -0.2) is 40.8 Å². The molecule has 0 heterocycles. The van der Waals surface area contributed by atoms with Gasteiger partial charge in [-0.25, -0.2) is 8.42 Å². The molecule has 0 atom stereocenters. The number of rotatable bonds is 10. The van der Waals surface area contributed by atoms with Crippen molar-refractivity contribution in [2.45, 2.75) is 6.54 Å². The van der Waals surface area contributed by atoms with E-state index in [2.05, 4.69) is 5.32 Å². The molecule has 0 radical (unpaired) electrons. The lowest BCUT2D eigenvalue weighted by molar-refractivity contribution is 0.0947. The zero-order valence-electron chi connectivity index (χ0n) is 18.6. The van der Waals surface area contributed by atoms with E-state index < -0.39 is 10.0 Å². The lowest BCUT2D eigenvalue weighted by atomic mass is 10.1. The summed E-state index contributed by atoms with van der Waals surface area (Å²) < 4.78 is 36.7. The Morgan fingerprint density at radius 1 is 0.941 bits per heavy atom. The molecule has 1 amide bonds. The minimum Gasteiger partial charge on any atom is -0.497 e. The predicted octanol–water partition coefficient (Wildman–Crippen LogP) is 4.78. The van der Waals surface area contributed by atoms with Gasteiger partial charge >= 0.3 is 0 Å². The Morgan fingerprint density at radius 2 is 1.53 bits per heavy atom. The summed E-state index contributed by atoms with van der Waals surface area (Å²) in [6, 6.07) is 18.6. The number of nitrogens with one attached hydrogen (secondary N) is 1. The van der Waals surface area contributed by atoms with Gasteiger partial charge in [0.15, 0.2) is 0 Å². The molecule has 3 aromatic rings. The largest absolute Gasteiger partial charge is 0.497 e. The Bertz CT molecular complexity index is 1210. The summed E-state index contributed by atoms with van der Waals surface area (Å²) in [5.74, 6) is 1.14. The number of amides is 1. The minimum atomic E-state index is -3.67. The van der Waals surface area contributed by atoms with Crippen LogP contribution in [-0.2, 0) is 16.6 Å². The van der Waals surface area contributed by atoms with E-state index in [1.807, 2.05) is 0 Å². The van der Waals surface area contributed by atoms with Crippen LogP contribution in [0.25, 0.3) is 0 Å². The fourth-order valence-electron chi connectivity index (χ4n) is 3.12. The molecule has 180 valence electrons. The van der Waals surface area contributed by atoms with Gasteiger partial charge in [0.25, 0.3) is 5.91 Å². The van der Waals surface area contributed by atoms with Crippen LogP contribution in [0.1, 0.15) is 15.9 Å². The normalized spacial score (nSPS) is 11.1. The lowest BCUT2D eigenvalue weighted by Gasteiger charge is -2.24. The van der Waals surface area contributed by atoms with Gasteiger partial charge in [-0.1, -0.05) is 41.4 Å².